The molecule has 0 spiro atoms. The quantitative estimate of drug-likeness (QED) is 0.471. The molecule has 0 aromatic heterocycles. The zero-order chi connectivity index (χ0) is 9.56. The molecule has 0 aliphatic carbocycles. The van der Waals surface area contributed by atoms with Gasteiger partial charge in [-0.1, -0.05) is 27.2 Å². The van der Waals surface area contributed by atoms with E-state index in [1.165, 1.54) is 6.42 Å². The molecule has 2 unspecified atom stereocenters. The highest BCUT2D eigenvalue weighted by molar-refractivity contribution is 5.78. The van der Waals surface area contributed by atoms with Crippen LogP contribution in [0.3, 0.4) is 0 Å². The lowest BCUT2D eigenvalue weighted by Crippen LogP contribution is -2.22. The second-order valence-electron chi connectivity index (χ2n) is 3.17. The van der Waals surface area contributed by atoms with Gasteiger partial charge in [0.15, 0.2) is 5.90 Å². The highest BCUT2D eigenvalue weighted by atomic mass is 16.5. The molecule has 0 N–H and O–H groups in total. The molecule has 0 aromatic carbocycles. The Morgan fingerprint density at radius 1 is 1.33 bits per heavy atom. The van der Waals surface area contributed by atoms with Crippen LogP contribution in [0.4, 0.5) is 0 Å². The minimum atomic E-state index is 0.491. The van der Waals surface area contributed by atoms with Crippen LogP contribution in [0.1, 0.15) is 33.6 Å². The van der Waals surface area contributed by atoms with Crippen molar-refractivity contribution in [3.63, 3.8) is 0 Å². The van der Waals surface area contributed by atoms with Crippen LogP contribution in [0.25, 0.3) is 0 Å². The molecule has 0 aliphatic heterocycles. The van der Waals surface area contributed by atoms with E-state index in [0.717, 1.165) is 12.3 Å². The molecule has 12 heavy (non-hydrogen) atoms. The smallest absolute Gasteiger partial charge is 0.186 e. The number of nitrogens with zero attached hydrogens (tertiary/aromatic N) is 1. The van der Waals surface area contributed by atoms with Crippen molar-refractivity contribution in [2.24, 2.45) is 16.8 Å². The van der Waals surface area contributed by atoms with Crippen LogP contribution in [0, 0.1) is 11.8 Å². The third-order valence-corrected chi connectivity index (χ3v) is 2.52. The van der Waals surface area contributed by atoms with Crippen molar-refractivity contribution in [3.05, 3.63) is 0 Å². The molecule has 0 heterocycles. The van der Waals surface area contributed by atoms with E-state index in [2.05, 4.69) is 25.8 Å². The van der Waals surface area contributed by atoms with Gasteiger partial charge in [-0.3, -0.25) is 4.99 Å². The average Bonchev–Trinajstić information content (AvgIpc) is 2.12. The SMILES string of the molecule is CCC(C)C(CC)C(=NC)OC. The molecule has 0 amide bonds. The maximum absolute atomic E-state index is 5.23. The van der Waals surface area contributed by atoms with Crippen molar-refractivity contribution >= 4 is 5.90 Å². The summed E-state index contributed by atoms with van der Waals surface area (Å²) in [5.41, 5.74) is 0. The zero-order valence-corrected chi connectivity index (χ0v) is 8.92. The molecule has 0 saturated carbocycles. The summed E-state index contributed by atoms with van der Waals surface area (Å²) >= 11 is 0. The van der Waals surface area contributed by atoms with Gasteiger partial charge in [-0.2, -0.15) is 0 Å². The lowest BCUT2D eigenvalue weighted by atomic mass is 9.89. The van der Waals surface area contributed by atoms with Crippen LogP contribution < -0.4 is 0 Å². The Morgan fingerprint density at radius 3 is 2.17 bits per heavy atom. The minimum Gasteiger partial charge on any atom is -0.484 e. The van der Waals surface area contributed by atoms with Crippen molar-refractivity contribution < 1.29 is 4.74 Å². The monoisotopic (exact) mass is 171 g/mol. The standard InChI is InChI=1S/C10H21NO/c1-6-8(3)9(7-2)10(11-4)12-5/h8-9H,6-7H2,1-5H3. The van der Waals surface area contributed by atoms with Gasteiger partial charge in [0.25, 0.3) is 0 Å². The van der Waals surface area contributed by atoms with Crippen LogP contribution in [-0.4, -0.2) is 20.1 Å². The Kier molecular flexibility index (Phi) is 5.77. The number of rotatable bonds is 4. The van der Waals surface area contributed by atoms with Crippen molar-refractivity contribution in [1.82, 2.24) is 0 Å². The Labute approximate surface area is 76.0 Å². The van der Waals surface area contributed by atoms with Crippen LogP contribution in [0.2, 0.25) is 0 Å². The summed E-state index contributed by atoms with van der Waals surface area (Å²) in [5.74, 6) is 2.05. The maximum atomic E-state index is 5.23. The van der Waals surface area contributed by atoms with Crippen LogP contribution in [-0.2, 0) is 4.74 Å². The molecule has 2 nitrogen and oxygen atoms in total. The fraction of sp³-hybridized carbons (Fsp3) is 0.900. The van der Waals surface area contributed by atoms with E-state index in [4.69, 9.17) is 4.74 Å². The summed E-state index contributed by atoms with van der Waals surface area (Å²) in [6.45, 7) is 6.63. The van der Waals surface area contributed by atoms with Crippen molar-refractivity contribution in [2.45, 2.75) is 33.6 Å². The molecule has 2 heteroatoms. The predicted molar refractivity (Wildman–Crippen MR) is 53.6 cm³/mol. The van der Waals surface area contributed by atoms with Gasteiger partial charge in [-0.05, 0) is 12.3 Å². The summed E-state index contributed by atoms with van der Waals surface area (Å²) in [7, 11) is 3.50. The highest BCUT2D eigenvalue weighted by Gasteiger charge is 2.19. The zero-order valence-electron chi connectivity index (χ0n) is 8.92. The van der Waals surface area contributed by atoms with Gasteiger partial charge in [0.05, 0.1) is 7.11 Å². The van der Waals surface area contributed by atoms with Gasteiger partial charge in [-0.25, -0.2) is 0 Å². The number of hydrogen-bond donors (Lipinski definition) is 0. The third-order valence-electron chi connectivity index (χ3n) is 2.52. The summed E-state index contributed by atoms with van der Waals surface area (Å²) in [4.78, 5) is 4.14. The highest BCUT2D eigenvalue weighted by Crippen LogP contribution is 2.20. The molecule has 0 rings (SSSR count). The number of aliphatic imine (C=N–C) groups is 1. The number of methoxy groups -OCH3 is 1. The van der Waals surface area contributed by atoms with Gasteiger partial charge in [0, 0.05) is 13.0 Å². The van der Waals surface area contributed by atoms with E-state index in [1.54, 1.807) is 14.2 Å². The Bertz CT molecular complexity index is 143. The molecule has 0 aromatic rings. The molecular weight excluding hydrogens is 150 g/mol. The van der Waals surface area contributed by atoms with Gasteiger partial charge in [0.2, 0.25) is 0 Å². The van der Waals surface area contributed by atoms with E-state index in [9.17, 15) is 0 Å². The molecule has 0 fully saturated rings. The largest absolute Gasteiger partial charge is 0.484 e. The lowest BCUT2D eigenvalue weighted by molar-refractivity contribution is 0.316. The molecule has 0 radical (unpaired) electrons. The molecule has 72 valence electrons. The van der Waals surface area contributed by atoms with E-state index in [1.807, 2.05) is 0 Å². The first-order valence-corrected chi connectivity index (χ1v) is 4.71. The topological polar surface area (TPSA) is 21.6 Å². The molecule has 0 aliphatic rings. The summed E-state index contributed by atoms with van der Waals surface area (Å²) in [6, 6.07) is 0. The summed E-state index contributed by atoms with van der Waals surface area (Å²) in [6.07, 6.45) is 2.29. The Morgan fingerprint density at radius 2 is 1.92 bits per heavy atom. The van der Waals surface area contributed by atoms with Gasteiger partial charge >= 0.3 is 0 Å². The second-order valence-corrected chi connectivity index (χ2v) is 3.17. The average molecular weight is 171 g/mol. The van der Waals surface area contributed by atoms with Gasteiger partial charge in [-0.15, -0.1) is 0 Å². The fourth-order valence-corrected chi connectivity index (χ4v) is 1.51. The normalized spacial score (nSPS) is 17.2. The summed E-state index contributed by atoms with van der Waals surface area (Å²) in [5, 5.41) is 0. The van der Waals surface area contributed by atoms with Gasteiger partial charge in [0.1, 0.15) is 0 Å². The summed E-state index contributed by atoms with van der Waals surface area (Å²) < 4.78 is 5.23. The van der Waals surface area contributed by atoms with E-state index in [-0.39, 0.29) is 0 Å². The fourth-order valence-electron chi connectivity index (χ4n) is 1.51. The van der Waals surface area contributed by atoms with Crippen LogP contribution in [0.15, 0.2) is 4.99 Å². The molecule has 2 atom stereocenters. The Hall–Kier alpha value is -0.530. The minimum absolute atomic E-state index is 0.491. The van der Waals surface area contributed by atoms with Crippen molar-refractivity contribution in [3.8, 4) is 0 Å². The van der Waals surface area contributed by atoms with E-state index in [0.29, 0.717) is 11.8 Å². The Balaban J connectivity index is 4.31. The van der Waals surface area contributed by atoms with Gasteiger partial charge < -0.3 is 4.74 Å². The molecule has 0 saturated heterocycles. The first kappa shape index (κ1) is 11.5. The van der Waals surface area contributed by atoms with Crippen LogP contribution >= 0.6 is 0 Å². The first-order valence-electron chi connectivity index (χ1n) is 4.71. The predicted octanol–water partition coefficient (Wildman–Crippen LogP) is 2.73. The third kappa shape index (κ3) is 2.84. The van der Waals surface area contributed by atoms with E-state index < -0.39 is 0 Å². The first-order chi connectivity index (χ1) is 5.71. The lowest BCUT2D eigenvalue weighted by Gasteiger charge is -2.21. The number of hydrogen-bond acceptors (Lipinski definition) is 2. The van der Waals surface area contributed by atoms with E-state index >= 15 is 0 Å². The number of ether oxygens (including phenoxy) is 1. The molecule has 0 bridgehead atoms. The molecular formula is C10H21NO. The second kappa shape index (κ2) is 6.04. The van der Waals surface area contributed by atoms with Crippen LogP contribution in [0.5, 0.6) is 0 Å². The maximum Gasteiger partial charge on any atom is 0.186 e. The van der Waals surface area contributed by atoms with Crippen molar-refractivity contribution in [2.75, 3.05) is 14.2 Å². The van der Waals surface area contributed by atoms with Crippen molar-refractivity contribution in [1.29, 1.82) is 0 Å².